The molecule has 0 saturated carbocycles. The maximum Gasteiger partial charge on any atom is 0.264 e. The number of hydrogen-bond acceptors (Lipinski definition) is 11. The first-order chi connectivity index (χ1) is 22.9. The third-order valence-corrected chi connectivity index (χ3v) is 12.1. The first-order valence-electron chi connectivity index (χ1n) is 17.0. The lowest BCUT2D eigenvalue weighted by molar-refractivity contribution is -0.0413. The molecule has 1 aliphatic carbocycles. The van der Waals surface area contributed by atoms with Gasteiger partial charge in [-0.1, -0.05) is 6.07 Å². The van der Waals surface area contributed by atoms with Crippen molar-refractivity contribution in [1.29, 1.82) is 0 Å². The van der Waals surface area contributed by atoms with Gasteiger partial charge < -0.3 is 25.1 Å². The summed E-state index contributed by atoms with van der Waals surface area (Å²) in [7, 11) is -3.60. The van der Waals surface area contributed by atoms with Crippen LogP contribution in [0.5, 0.6) is 0 Å². The number of aliphatic hydroxyl groups excluding tert-OH is 3. The van der Waals surface area contributed by atoms with E-state index in [9.17, 15) is 37.7 Å². The molecule has 2 amide bonds. The highest BCUT2D eigenvalue weighted by atomic mass is 32.2. The van der Waals surface area contributed by atoms with Crippen molar-refractivity contribution in [1.82, 2.24) is 15.1 Å². The van der Waals surface area contributed by atoms with E-state index in [2.05, 4.69) is 20.0 Å². The van der Waals surface area contributed by atoms with Crippen LogP contribution in [0.2, 0.25) is 0 Å². The number of halogens is 1. The number of carbonyl (C=O) groups excluding carboxylic acids is 2. The maximum atomic E-state index is 14.6. The molecular weight excluding hydrogens is 641 g/mol. The minimum Gasteiger partial charge on any atom is -0.385 e. The first-order valence-corrected chi connectivity index (χ1v) is 18.8. The summed E-state index contributed by atoms with van der Waals surface area (Å²) >= 11 is 0. The molecule has 5 unspecified atom stereocenters. The van der Waals surface area contributed by atoms with E-state index in [1.807, 2.05) is 6.07 Å². The summed E-state index contributed by atoms with van der Waals surface area (Å²) in [6.45, 7) is 5.59. The molecule has 2 aromatic rings. The van der Waals surface area contributed by atoms with Crippen LogP contribution in [0.3, 0.4) is 0 Å². The van der Waals surface area contributed by atoms with E-state index < -0.39 is 52.4 Å². The predicted octanol–water partition coefficient (Wildman–Crippen LogP) is 1.43. The molecule has 2 aromatic carbocycles. The lowest BCUT2D eigenvalue weighted by atomic mass is 9.92. The predicted molar refractivity (Wildman–Crippen MR) is 176 cm³/mol. The van der Waals surface area contributed by atoms with Crippen molar-refractivity contribution in [2.75, 3.05) is 61.9 Å². The third-order valence-electron chi connectivity index (χ3n) is 11.0. The van der Waals surface area contributed by atoms with Gasteiger partial charge in [0.2, 0.25) is 0 Å². The monoisotopic (exact) mass is 685 g/mol. The van der Waals surface area contributed by atoms with Crippen LogP contribution in [0.25, 0.3) is 0 Å². The Morgan fingerprint density at radius 2 is 1.58 bits per heavy atom. The molecule has 7 rings (SSSR count). The average molecular weight is 686 g/mol. The summed E-state index contributed by atoms with van der Waals surface area (Å²) in [5, 5.41) is 33.4. The second kappa shape index (κ2) is 13.0. The quantitative estimate of drug-likeness (QED) is 0.313. The van der Waals surface area contributed by atoms with Gasteiger partial charge in [-0.05, 0) is 74.4 Å². The van der Waals surface area contributed by atoms with Crippen LogP contribution >= 0.6 is 0 Å². The Labute approximate surface area is 280 Å². The molecule has 14 heteroatoms. The Kier molecular flexibility index (Phi) is 9.00. The van der Waals surface area contributed by atoms with E-state index >= 15 is 0 Å². The van der Waals surface area contributed by atoms with Gasteiger partial charge in [0.15, 0.2) is 9.84 Å². The smallest absolute Gasteiger partial charge is 0.264 e. The molecule has 3 fully saturated rings. The normalized spacial score (nSPS) is 28.7. The van der Waals surface area contributed by atoms with E-state index in [0.29, 0.717) is 48.5 Å². The molecule has 0 bridgehead atoms. The Morgan fingerprint density at radius 3 is 2.27 bits per heavy atom. The first kappa shape index (κ1) is 33.4. The van der Waals surface area contributed by atoms with Crippen molar-refractivity contribution >= 4 is 33.0 Å². The minimum atomic E-state index is -3.60. The van der Waals surface area contributed by atoms with Crippen molar-refractivity contribution in [3.05, 3.63) is 52.6 Å². The number of carbonyl (C=O) groups is 2. The lowest BCUT2D eigenvalue weighted by Crippen LogP contribution is -2.58. The second-order valence-electron chi connectivity index (χ2n) is 13.9. The van der Waals surface area contributed by atoms with Gasteiger partial charge in [0.25, 0.3) is 11.8 Å². The summed E-state index contributed by atoms with van der Waals surface area (Å²) in [5.41, 5.74) is 3.13. The molecular formula is C34H44FN5O7S. The van der Waals surface area contributed by atoms with E-state index in [-0.39, 0.29) is 16.9 Å². The zero-order chi connectivity index (χ0) is 33.9. The lowest BCUT2D eigenvalue weighted by Gasteiger charge is -2.39. The van der Waals surface area contributed by atoms with Crippen molar-refractivity contribution in [2.24, 2.45) is 5.92 Å². The minimum absolute atomic E-state index is 0.0148. The third kappa shape index (κ3) is 6.00. The Bertz CT molecular complexity index is 1690. The fourth-order valence-corrected chi connectivity index (χ4v) is 9.27. The number of rotatable bonds is 7. The number of aliphatic hydroxyl groups is 3. The van der Waals surface area contributed by atoms with Crippen molar-refractivity contribution in [2.45, 2.75) is 74.2 Å². The van der Waals surface area contributed by atoms with Gasteiger partial charge in [0, 0.05) is 63.2 Å². The molecule has 4 N–H and O–H groups in total. The molecule has 3 saturated heterocycles. The molecule has 260 valence electrons. The molecule has 48 heavy (non-hydrogen) atoms. The molecule has 0 aromatic heterocycles. The highest BCUT2D eigenvalue weighted by Crippen LogP contribution is 2.43. The fraction of sp³-hybridized carbons (Fsp3) is 0.588. The SMILES string of the molecule is CS(=O)(=O)c1ccc(N2CCC(CCN3CCN(c4cccc5c4C(=O)N(C4CCC(O)NC4O)C5=O)CC3)CC2)c2c1C(O)C(F)C2. The summed E-state index contributed by atoms with van der Waals surface area (Å²) in [5.74, 6) is -0.290. The van der Waals surface area contributed by atoms with Crippen LogP contribution in [0.1, 0.15) is 70.1 Å². The molecule has 4 aliphatic heterocycles. The highest BCUT2D eigenvalue weighted by Gasteiger charge is 2.46. The Balaban J connectivity index is 0.930. The van der Waals surface area contributed by atoms with E-state index in [0.717, 1.165) is 74.5 Å². The number of amides is 2. The van der Waals surface area contributed by atoms with Crippen LogP contribution in [0.4, 0.5) is 15.8 Å². The molecule has 4 heterocycles. The van der Waals surface area contributed by atoms with Crippen LogP contribution in [-0.4, -0.2) is 122 Å². The van der Waals surface area contributed by atoms with Crippen LogP contribution in [-0.2, 0) is 16.3 Å². The number of piperidine rings is 2. The van der Waals surface area contributed by atoms with Crippen molar-refractivity contribution < 1.29 is 37.7 Å². The molecule has 5 aliphatic rings. The van der Waals surface area contributed by atoms with E-state index in [1.54, 1.807) is 18.2 Å². The van der Waals surface area contributed by atoms with Crippen LogP contribution < -0.4 is 15.1 Å². The van der Waals surface area contributed by atoms with Gasteiger partial charge in [-0.25, -0.2) is 12.8 Å². The summed E-state index contributed by atoms with van der Waals surface area (Å²) in [6, 6.07) is 7.88. The number of nitrogens with one attached hydrogen (secondary N) is 1. The standard InChI is InChI=1S/C34H44FN5O7S/c1-48(46,47)27-7-5-24(22-19-23(35)31(42)30(22)27)38-13-10-20(11-14-38)9-12-37-15-17-39(18-16-37)25-4-2-3-21-29(25)34(45)40(33(21)44)26-6-8-28(41)36-32(26)43/h2-5,7,20,23,26,28,31-32,36,41-43H,6,8-19H2,1H3. The maximum absolute atomic E-state index is 14.6. The number of fused-ring (bicyclic) bond motifs is 2. The van der Waals surface area contributed by atoms with E-state index in [1.165, 1.54) is 6.07 Å². The number of alkyl halides is 1. The number of hydrogen-bond donors (Lipinski definition) is 4. The van der Waals surface area contributed by atoms with Crippen LogP contribution in [0, 0.1) is 5.92 Å². The average Bonchev–Trinajstić information content (AvgIpc) is 3.50. The fourth-order valence-electron chi connectivity index (χ4n) is 8.32. The van der Waals surface area contributed by atoms with Gasteiger partial charge in [0.05, 0.1) is 27.8 Å². The summed E-state index contributed by atoms with van der Waals surface area (Å²) in [6.07, 6.45) is -0.265. The molecule has 0 spiro atoms. The number of nitrogens with zero attached hydrogens (tertiary/aromatic N) is 4. The number of sulfone groups is 1. The summed E-state index contributed by atoms with van der Waals surface area (Å²) in [4.78, 5) is 34.9. The van der Waals surface area contributed by atoms with Crippen LogP contribution in [0.15, 0.2) is 35.2 Å². The summed E-state index contributed by atoms with van der Waals surface area (Å²) < 4.78 is 39.2. The number of anilines is 2. The van der Waals surface area contributed by atoms with E-state index in [4.69, 9.17) is 0 Å². The van der Waals surface area contributed by atoms with Gasteiger partial charge in [-0.15, -0.1) is 0 Å². The molecule has 0 radical (unpaired) electrons. The van der Waals surface area contributed by atoms with Gasteiger partial charge in [-0.3, -0.25) is 24.7 Å². The van der Waals surface area contributed by atoms with Gasteiger partial charge in [-0.2, -0.15) is 0 Å². The van der Waals surface area contributed by atoms with Gasteiger partial charge >= 0.3 is 0 Å². The van der Waals surface area contributed by atoms with Crippen molar-refractivity contribution in [3.8, 4) is 0 Å². The molecule has 12 nitrogen and oxygen atoms in total. The largest absolute Gasteiger partial charge is 0.385 e. The second-order valence-corrected chi connectivity index (χ2v) is 15.9. The van der Waals surface area contributed by atoms with Crippen molar-refractivity contribution in [3.63, 3.8) is 0 Å². The topological polar surface area (TPSA) is 154 Å². The number of piperazine rings is 1. The number of benzene rings is 2. The Morgan fingerprint density at radius 1 is 0.875 bits per heavy atom. The Hall–Kier alpha value is -3.14. The highest BCUT2D eigenvalue weighted by molar-refractivity contribution is 7.90. The zero-order valence-corrected chi connectivity index (χ0v) is 27.9. The zero-order valence-electron chi connectivity index (χ0n) is 27.1. The number of imide groups is 1. The molecule has 5 atom stereocenters. The van der Waals surface area contributed by atoms with Gasteiger partial charge in [0.1, 0.15) is 24.7 Å².